The Morgan fingerprint density at radius 1 is 1.12 bits per heavy atom. The first-order valence-corrected chi connectivity index (χ1v) is 13.3. The molecule has 0 radical (unpaired) electrons. The Kier molecular flexibility index (Phi) is 7.04. The summed E-state index contributed by atoms with van der Waals surface area (Å²) in [6.07, 6.45) is 5.96. The number of sulfonamides is 1. The third-order valence-electron chi connectivity index (χ3n) is 6.79. The van der Waals surface area contributed by atoms with Crippen molar-refractivity contribution in [3.8, 4) is 0 Å². The molecule has 8 nitrogen and oxygen atoms in total. The average molecular weight is 484 g/mol. The Balaban J connectivity index is 1.39. The fraction of sp³-hybridized carbons (Fsp3) is 0.480. The molecule has 182 valence electrons. The van der Waals surface area contributed by atoms with Gasteiger partial charge in [0.2, 0.25) is 15.9 Å². The highest BCUT2D eigenvalue weighted by atomic mass is 32.2. The van der Waals surface area contributed by atoms with Gasteiger partial charge in [0.05, 0.1) is 10.6 Å². The standard InChI is InChI=1S/C25H33N5O3S/c1-17-16-24-26-18(2)23(19(3)30(24)28-17)14-15-25(31)27-20-10-12-22(13-11-20)34(32,33)29(4)21-8-6-5-7-9-21/h10-13,16,21H,5-9,14-15H2,1-4H3,(H,27,31). The van der Waals surface area contributed by atoms with Gasteiger partial charge in [-0.3, -0.25) is 4.79 Å². The van der Waals surface area contributed by atoms with Crippen molar-refractivity contribution in [2.24, 2.45) is 0 Å². The molecule has 4 rings (SSSR count). The molecule has 2 heterocycles. The Hall–Kier alpha value is -2.78. The van der Waals surface area contributed by atoms with Crippen LogP contribution in [-0.2, 0) is 21.2 Å². The topological polar surface area (TPSA) is 96.7 Å². The van der Waals surface area contributed by atoms with Gasteiger partial charge < -0.3 is 5.32 Å². The summed E-state index contributed by atoms with van der Waals surface area (Å²) < 4.78 is 29.3. The number of hydrogen-bond acceptors (Lipinski definition) is 5. The van der Waals surface area contributed by atoms with Gasteiger partial charge in [0.15, 0.2) is 5.65 Å². The van der Waals surface area contributed by atoms with Crippen LogP contribution in [0.5, 0.6) is 0 Å². The molecule has 3 aromatic rings. The predicted octanol–water partition coefficient (Wildman–Crippen LogP) is 4.18. The summed E-state index contributed by atoms with van der Waals surface area (Å²) in [6.45, 7) is 5.87. The highest BCUT2D eigenvalue weighted by Gasteiger charge is 2.29. The minimum atomic E-state index is -3.55. The smallest absolute Gasteiger partial charge is 0.243 e. The number of carbonyl (C=O) groups excluding carboxylic acids is 1. The van der Waals surface area contributed by atoms with Gasteiger partial charge >= 0.3 is 0 Å². The molecule has 1 saturated carbocycles. The van der Waals surface area contributed by atoms with Gasteiger partial charge in [0.25, 0.3) is 0 Å². The minimum Gasteiger partial charge on any atom is -0.326 e. The molecule has 9 heteroatoms. The van der Waals surface area contributed by atoms with Crippen LogP contribution >= 0.6 is 0 Å². The Labute approximate surface area is 201 Å². The first-order valence-electron chi connectivity index (χ1n) is 11.9. The van der Waals surface area contributed by atoms with Crippen LogP contribution in [0.2, 0.25) is 0 Å². The molecule has 34 heavy (non-hydrogen) atoms. The van der Waals surface area contributed by atoms with E-state index in [1.165, 1.54) is 10.7 Å². The fourth-order valence-corrected chi connectivity index (χ4v) is 6.20. The second-order valence-electron chi connectivity index (χ2n) is 9.20. The maximum absolute atomic E-state index is 13.0. The van der Waals surface area contributed by atoms with Crippen LogP contribution in [0.4, 0.5) is 5.69 Å². The molecular weight excluding hydrogens is 450 g/mol. The lowest BCUT2D eigenvalue weighted by atomic mass is 9.96. The summed E-state index contributed by atoms with van der Waals surface area (Å²) >= 11 is 0. The second-order valence-corrected chi connectivity index (χ2v) is 11.2. The summed E-state index contributed by atoms with van der Waals surface area (Å²) in [4.78, 5) is 17.4. The van der Waals surface area contributed by atoms with Crippen LogP contribution in [0.15, 0.2) is 35.2 Å². The van der Waals surface area contributed by atoms with E-state index in [1.807, 2.05) is 31.4 Å². The van der Waals surface area contributed by atoms with Crippen LogP contribution in [0.1, 0.15) is 61.2 Å². The molecule has 1 aliphatic rings. The van der Waals surface area contributed by atoms with Crippen LogP contribution in [0.25, 0.3) is 5.65 Å². The highest BCUT2D eigenvalue weighted by Crippen LogP contribution is 2.27. The molecule has 0 aliphatic heterocycles. The number of benzene rings is 1. The summed E-state index contributed by atoms with van der Waals surface area (Å²) in [5, 5.41) is 7.35. The van der Waals surface area contributed by atoms with Gasteiger partial charge in [-0.25, -0.2) is 17.9 Å². The minimum absolute atomic E-state index is 0.0596. The average Bonchev–Trinajstić information content (AvgIpc) is 3.19. The summed E-state index contributed by atoms with van der Waals surface area (Å²) in [7, 11) is -1.88. The van der Waals surface area contributed by atoms with Gasteiger partial charge in [0, 0.05) is 42.7 Å². The van der Waals surface area contributed by atoms with Crippen molar-refractivity contribution in [3.63, 3.8) is 0 Å². The molecule has 0 saturated heterocycles. The van der Waals surface area contributed by atoms with E-state index >= 15 is 0 Å². The Bertz CT molecular complexity index is 1290. The van der Waals surface area contributed by atoms with Crippen molar-refractivity contribution in [1.82, 2.24) is 18.9 Å². The number of aromatic nitrogens is 3. The van der Waals surface area contributed by atoms with Gasteiger partial charge in [0.1, 0.15) is 0 Å². The van der Waals surface area contributed by atoms with Gasteiger partial charge in [-0.2, -0.15) is 9.40 Å². The first kappa shape index (κ1) is 24.3. The lowest BCUT2D eigenvalue weighted by molar-refractivity contribution is -0.116. The third-order valence-corrected chi connectivity index (χ3v) is 8.72. The quantitative estimate of drug-likeness (QED) is 0.544. The van der Waals surface area contributed by atoms with Gasteiger partial charge in [-0.15, -0.1) is 0 Å². The summed E-state index contributed by atoms with van der Waals surface area (Å²) in [5.41, 5.74) is 5.19. The maximum atomic E-state index is 13.0. The number of fused-ring (bicyclic) bond motifs is 1. The zero-order chi connectivity index (χ0) is 24.5. The van der Waals surface area contributed by atoms with Crippen LogP contribution in [0.3, 0.4) is 0 Å². The van der Waals surface area contributed by atoms with E-state index in [9.17, 15) is 13.2 Å². The Morgan fingerprint density at radius 3 is 2.47 bits per heavy atom. The molecule has 1 aliphatic carbocycles. The van der Waals surface area contributed by atoms with Crippen LogP contribution in [-0.4, -0.2) is 46.3 Å². The SMILES string of the molecule is Cc1cc2nc(C)c(CCC(=O)Nc3ccc(S(=O)(=O)N(C)C4CCCCC4)cc3)c(C)n2n1. The number of nitrogens with one attached hydrogen (secondary N) is 1. The largest absolute Gasteiger partial charge is 0.326 e. The van der Waals surface area contributed by atoms with E-state index in [2.05, 4.69) is 15.4 Å². The predicted molar refractivity (Wildman–Crippen MR) is 132 cm³/mol. The van der Waals surface area contributed by atoms with Gasteiger partial charge in [-0.05, 0) is 69.9 Å². The van der Waals surface area contributed by atoms with Crippen molar-refractivity contribution in [1.29, 1.82) is 0 Å². The van der Waals surface area contributed by atoms with Crippen molar-refractivity contribution >= 4 is 27.3 Å². The molecule has 2 aromatic heterocycles. The van der Waals surface area contributed by atoms with E-state index < -0.39 is 10.0 Å². The van der Waals surface area contributed by atoms with Crippen molar-refractivity contribution < 1.29 is 13.2 Å². The number of aryl methyl sites for hydroxylation is 3. The van der Waals surface area contributed by atoms with E-state index in [0.717, 1.165) is 54.0 Å². The zero-order valence-corrected chi connectivity index (χ0v) is 21.2. The molecule has 0 spiro atoms. The number of carbonyl (C=O) groups is 1. The lowest BCUT2D eigenvalue weighted by Gasteiger charge is -2.30. The van der Waals surface area contributed by atoms with Crippen molar-refractivity contribution in [3.05, 3.63) is 53.0 Å². The maximum Gasteiger partial charge on any atom is 0.243 e. The second kappa shape index (κ2) is 9.84. The monoisotopic (exact) mass is 483 g/mol. The molecule has 0 bridgehead atoms. The number of nitrogens with zero attached hydrogens (tertiary/aromatic N) is 4. The number of amides is 1. The highest BCUT2D eigenvalue weighted by molar-refractivity contribution is 7.89. The molecule has 1 aromatic carbocycles. The van der Waals surface area contributed by atoms with Crippen LogP contribution in [0, 0.1) is 20.8 Å². The van der Waals surface area contributed by atoms with Crippen molar-refractivity contribution in [2.45, 2.75) is 76.7 Å². The zero-order valence-electron chi connectivity index (χ0n) is 20.3. The molecule has 0 atom stereocenters. The molecule has 0 unspecified atom stereocenters. The van der Waals surface area contributed by atoms with E-state index in [4.69, 9.17) is 0 Å². The van der Waals surface area contributed by atoms with E-state index in [-0.39, 0.29) is 16.8 Å². The molecule has 1 fully saturated rings. The molecule has 1 N–H and O–H groups in total. The lowest BCUT2D eigenvalue weighted by Crippen LogP contribution is -2.38. The van der Waals surface area contributed by atoms with E-state index in [0.29, 0.717) is 18.5 Å². The fourth-order valence-electron chi connectivity index (χ4n) is 4.78. The normalized spacial score (nSPS) is 15.2. The summed E-state index contributed by atoms with van der Waals surface area (Å²) in [6, 6.07) is 8.43. The molecule has 1 amide bonds. The number of hydrogen-bond donors (Lipinski definition) is 1. The van der Waals surface area contributed by atoms with Crippen LogP contribution < -0.4 is 5.32 Å². The van der Waals surface area contributed by atoms with E-state index in [1.54, 1.807) is 31.3 Å². The summed E-state index contributed by atoms with van der Waals surface area (Å²) in [5.74, 6) is -0.134. The third kappa shape index (κ3) is 5.00. The number of anilines is 1. The first-order chi connectivity index (χ1) is 16.2. The Morgan fingerprint density at radius 2 is 1.79 bits per heavy atom. The van der Waals surface area contributed by atoms with Gasteiger partial charge in [-0.1, -0.05) is 19.3 Å². The molecular formula is C25H33N5O3S. The number of rotatable bonds is 7. The van der Waals surface area contributed by atoms with Crippen molar-refractivity contribution in [2.75, 3.05) is 12.4 Å².